The summed E-state index contributed by atoms with van der Waals surface area (Å²) < 4.78 is 15.9. The Morgan fingerprint density at radius 1 is 1.26 bits per heavy atom. The Hall–Kier alpha value is -2.31. The van der Waals surface area contributed by atoms with Crippen LogP contribution in [0.15, 0.2) is 18.2 Å². The van der Waals surface area contributed by atoms with Gasteiger partial charge in [-0.15, -0.1) is 4.72 Å². The van der Waals surface area contributed by atoms with Crippen molar-refractivity contribution in [2.75, 3.05) is 23.3 Å². The number of hydrogen-bond acceptors (Lipinski definition) is 7. The maximum atomic E-state index is 12.9. The molecule has 1 aliphatic carbocycles. The van der Waals surface area contributed by atoms with Crippen molar-refractivity contribution in [1.82, 2.24) is 20.0 Å². The van der Waals surface area contributed by atoms with Gasteiger partial charge in [-0.05, 0) is 57.9 Å². The molecule has 4 rings (SSSR count). The molecule has 1 saturated heterocycles. The normalized spacial score (nSPS) is 19.6. The minimum Gasteiger partial charge on any atom is -0.598 e. The van der Waals surface area contributed by atoms with Crippen LogP contribution in [0.1, 0.15) is 58.6 Å². The van der Waals surface area contributed by atoms with Crippen molar-refractivity contribution in [2.45, 2.75) is 70.2 Å². The Kier molecular flexibility index (Phi) is 9.17. The summed E-state index contributed by atoms with van der Waals surface area (Å²) in [6.07, 6.45) is 4.12. The topological polar surface area (TPSA) is 143 Å². The van der Waals surface area contributed by atoms with E-state index in [2.05, 4.69) is 20.3 Å². The van der Waals surface area contributed by atoms with Gasteiger partial charge in [0.25, 0.3) is 0 Å². The van der Waals surface area contributed by atoms with Crippen molar-refractivity contribution in [2.24, 2.45) is 5.41 Å². The van der Waals surface area contributed by atoms with E-state index in [-0.39, 0.29) is 39.3 Å². The molecule has 1 unspecified atom stereocenters. The lowest BCUT2D eigenvalue weighted by Gasteiger charge is -2.44. The minimum atomic E-state index is -1.29. The van der Waals surface area contributed by atoms with E-state index in [1.54, 1.807) is 18.2 Å². The molecular formula is C26H34Cl2N6O4S. The summed E-state index contributed by atoms with van der Waals surface area (Å²) >= 11 is 11.5. The fourth-order valence-electron chi connectivity index (χ4n) is 5.43. The lowest BCUT2D eigenvalue weighted by Crippen LogP contribution is -2.53. The second-order valence-corrected chi connectivity index (χ2v) is 13.8. The first-order chi connectivity index (χ1) is 18.4. The predicted octanol–water partition coefficient (Wildman–Crippen LogP) is 4.98. The lowest BCUT2D eigenvalue weighted by atomic mass is 9.74. The standard InChI is InChI=1S/C26H34Cl2N6O4S/c1-25(2,3)39(38)33-19-8-5-9-26(19)10-12-34(13-11-26)23-18(14-29-15-35)30-21(22(31-23)32-24(36)37)16-6-4-7-17(27)20(16)28/h4,6-7,15,19,33H,5,8-14H2,1-3H3,(H,29,35)(H,31,32)(H,36,37)/t19-,39?/m1/s1. The molecule has 1 aliphatic heterocycles. The molecule has 212 valence electrons. The number of aromatic nitrogens is 2. The van der Waals surface area contributed by atoms with Gasteiger partial charge >= 0.3 is 6.09 Å². The first-order valence-electron chi connectivity index (χ1n) is 12.9. The highest BCUT2D eigenvalue weighted by molar-refractivity contribution is 7.90. The molecule has 1 spiro atoms. The van der Waals surface area contributed by atoms with E-state index < -0.39 is 17.5 Å². The zero-order chi connectivity index (χ0) is 28.4. The van der Waals surface area contributed by atoms with Gasteiger partial charge in [0.2, 0.25) is 6.41 Å². The summed E-state index contributed by atoms with van der Waals surface area (Å²) in [7, 11) is 0. The van der Waals surface area contributed by atoms with Gasteiger partial charge in [0, 0.05) is 30.0 Å². The van der Waals surface area contributed by atoms with E-state index in [1.807, 2.05) is 20.8 Å². The van der Waals surface area contributed by atoms with Crippen LogP contribution in [0.4, 0.5) is 16.4 Å². The molecule has 0 radical (unpaired) electrons. The molecule has 2 heterocycles. The molecular weight excluding hydrogens is 563 g/mol. The number of amides is 2. The number of carboxylic acid groups (broad SMARTS) is 1. The lowest BCUT2D eigenvalue weighted by molar-refractivity contribution is -0.109. The molecule has 1 aromatic carbocycles. The predicted molar refractivity (Wildman–Crippen MR) is 155 cm³/mol. The maximum absolute atomic E-state index is 12.9. The SMILES string of the molecule is CC(C)(C)[S+]([O-])N[C@@H]1CCCC12CCN(c1nc(NC(=O)O)c(-c3cccc(Cl)c3Cl)nc1CNC=O)CC2. The van der Waals surface area contributed by atoms with Crippen molar-refractivity contribution in [1.29, 1.82) is 0 Å². The molecule has 1 aromatic heterocycles. The van der Waals surface area contributed by atoms with Crippen LogP contribution in [-0.2, 0) is 22.7 Å². The Bertz CT molecular complexity index is 1220. The first-order valence-corrected chi connectivity index (χ1v) is 14.8. The van der Waals surface area contributed by atoms with Crippen molar-refractivity contribution >= 4 is 58.7 Å². The van der Waals surface area contributed by atoms with Crippen molar-refractivity contribution in [3.8, 4) is 11.3 Å². The van der Waals surface area contributed by atoms with Crippen LogP contribution in [0.2, 0.25) is 10.0 Å². The quantitative estimate of drug-likeness (QED) is 0.247. The van der Waals surface area contributed by atoms with Gasteiger partial charge < -0.3 is 19.9 Å². The van der Waals surface area contributed by atoms with Gasteiger partial charge in [-0.1, -0.05) is 41.8 Å². The van der Waals surface area contributed by atoms with Crippen molar-refractivity contribution in [3.05, 3.63) is 33.9 Å². The fourth-order valence-corrected chi connectivity index (χ4v) is 6.80. The van der Waals surface area contributed by atoms with Gasteiger partial charge in [0.05, 0.1) is 22.6 Å². The average molecular weight is 598 g/mol. The number of halogens is 2. The second-order valence-electron chi connectivity index (χ2n) is 11.0. The molecule has 4 N–H and O–H groups in total. The largest absolute Gasteiger partial charge is 0.598 e. The van der Waals surface area contributed by atoms with Crippen molar-refractivity contribution in [3.63, 3.8) is 0 Å². The molecule has 2 atom stereocenters. The maximum Gasteiger partial charge on any atom is 0.410 e. The van der Waals surface area contributed by atoms with Gasteiger partial charge in [0.15, 0.2) is 11.6 Å². The monoisotopic (exact) mass is 596 g/mol. The number of piperidine rings is 1. The van der Waals surface area contributed by atoms with E-state index in [0.29, 0.717) is 41.6 Å². The van der Waals surface area contributed by atoms with E-state index in [1.165, 1.54) is 0 Å². The van der Waals surface area contributed by atoms with Gasteiger partial charge in [-0.2, -0.15) is 0 Å². The third kappa shape index (κ3) is 6.54. The number of benzene rings is 1. The summed E-state index contributed by atoms with van der Waals surface area (Å²) in [6.45, 7) is 7.32. The fraction of sp³-hybridized carbons (Fsp3) is 0.538. The highest BCUT2D eigenvalue weighted by Crippen LogP contribution is 2.48. The van der Waals surface area contributed by atoms with Gasteiger partial charge in [-0.3, -0.25) is 10.1 Å². The average Bonchev–Trinajstić information content (AvgIpc) is 3.25. The van der Waals surface area contributed by atoms with Crippen molar-refractivity contribution < 1.29 is 19.2 Å². The van der Waals surface area contributed by atoms with Gasteiger partial charge in [0.1, 0.15) is 16.1 Å². The Balaban J connectivity index is 1.66. The summed E-state index contributed by atoms with van der Waals surface area (Å²) in [4.78, 5) is 34.3. The zero-order valence-electron chi connectivity index (χ0n) is 22.2. The summed E-state index contributed by atoms with van der Waals surface area (Å²) in [5.41, 5.74) is 1.15. The molecule has 39 heavy (non-hydrogen) atoms. The second kappa shape index (κ2) is 12.1. The third-order valence-electron chi connectivity index (χ3n) is 7.50. The molecule has 2 aliphatic rings. The van der Waals surface area contributed by atoms with Crippen LogP contribution in [0.5, 0.6) is 0 Å². The molecule has 2 aromatic rings. The molecule has 0 bridgehead atoms. The Morgan fingerprint density at radius 2 is 1.97 bits per heavy atom. The van der Waals surface area contributed by atoms with Crippen LogP contribution < -0.4 is 20.3 Å². The van der Waals surface area contributed by atoms with E-state index in [0.717, 1.165) is 32.1 Å². The van der Waals surface area contributed by atoms with Crippen LogP contribution in [0.3, 0.4) is 0 Å². The molecule has 2 amide bonds. The summed E-state index contributed by atoms with van der Waals surface area (Å²) in [5.74, 6) is 0.517. The number of rotatable bonds is 8. The van der Waals surface area contributed by atoms with E-state index in [4.69, 9.17) is 33.2 Å². The summed E-state index contributed by atoms with van der Waals surface area (Å²) in [5, 5.41) is 15.0. The summed E-state index contributed by atoms with van der Waals surface area (Å²) in [6, 6.07) is 5.16. The third-order valence-corrected chi connectivity index (χ3v) is 9.93. The Labute approximate surface area is 241 Å². The number of carbonyl (C=O) groups excluding carboxylic acids is 1. The van der Waals surface area contributed by atoms with Crippen LogP contribution >= 0.6 is 23.2 Å². The van der Waals surface area contributed by atoms with Gasteiger partial charge in [-0.25, -0.2) is 14.8 Å². The molecule has 10 nitrogen and oxygen atoms in total. The van der Waals surface area contributed by atoms with Crippen LogP contribution in [-0.4, -0.2) is 56.0 Å². The minimum absolute atomic E-state index is 0.0257. The van der Waals surface area contributed by atoms with Crippen LogP contribution in [0, 0.1) is 5.41 Å². The Morgan fingerprint density at radius 3 is 2.62 bits per heavy atom. The number of carbonyl (C=O) groups is 2. The molecule has 13 heteroatoms. The zero-order valence-corrected chi connectivity index (χ0v) is 24.5. The number of anilines is 2. The highest BCUT2D eigenvalue weighted by Gasteiger charge is 2.48. The number of nitrogens with one attached hydrogen (secondary N) is 3. The van der Waals surface area contributed by atoms with Crippen LogP contribution in [0.25, 0.3) is 11.3 Å². The highest BCUT2D eigenvalue weighted by atomic mass is 35.5. The first kappa shape index (κ1) is 29.7. The molecule has 2 fully saturated rings. The smallest absolute Gasteiger partial charge is 0.410 e. The molecule has 1 saturated carbocycles. The van der Waals surface area contributed by atoms with E-state index >= 15 is 0 Å². The number of nitrogens with zero attached hydrogens (tertiary/aromatic N) is 3. The number of hydrogen-bond donors (Lipinski definition) is 4. The van der Waals surface area contributed by atoms with E-state index in [9.17, 15) is 19.2 Å².